The number of benzene rings is 1. The van der Waals surface area contributed by atoms with Crippen LogP contribution in [0.2, 0.25) is 5.02 Å². The second kappa shape index (κ2) is 8.14. The van der Waals surface area contributed by atoms with E-state index in [1.165, 1.54) is 24.5 Å². The van der Waals surface area contributed by atoms with Crippen molar-refractivity contribution in [3.8, 4) is 0 Å². The van der Waals surface area contributed by atoms with Crippen LogP contribution in [0.15, 0.2) is 42.6 Å². The Hall–Kier alpha value is -2.37. The number of hydrogen-bond donors (Lipinski definition) is 2. The van der Waals surface area contributed by atoms with Gasteiger partial charge in [-0.2, -0.15) is 0 Å². The summed E-state index contributed by atoms with van der Waals surface area (Å²) < 4.78 is 0. The number of pyridine rings is 1. The van der Waals surface area contributed by atoms with Crippen molar-refractivity contribution in [1.29, 1.82) is 0 Å². The standard InChI is InChI=1S/C19H20ClN3O2/c20-16-11-14(7-8-18(24)25)12-21-19(16)22-17-6-2-1-5-15(17)13-23-9-3-4-10-23/h1-2,5-8,11-12H,3-4,9-10,13H2,(H,21,22)(H,24,25)/b8-7+. The maximum Gasteiger partial charge on any atom is 0.328 e. The van der Waals surface area contributed by atoms with Crippen molar-refractivity contribution in [2.45, 2.75) is 19.4 Å². The van der Waals surface area contributed by atoms with Crippen LogP contribution in [0.3, 0.4) is 0 Å². The second-order valence-corrected chi connectivity index (χ2v) is 6.44. The summed E-state index contributed by atoms with van der Waals surface area (Å²) in [6, 6.07) is 9.83. The molecule has 5 nitrogen and oxygen atoms in total. The van der Waals surface area contributed by atoms with Crippen molar-refractivity contribution in [2.24, 2.45) is 0 Å². The van der Waals surface area contributed by atoms with Gasteiger partial charge in [0.1, 0.15) is 5.82 Å². The van der Waals surface area contributed by atoms with Gasteiger partial charge in [-0.1, -0.05) is 29.8 Å². The van der Waals surface area contributed by atoms with E-state index in [4.69, 9.17) is 16.7 Å². The van der Waals surface area contributed by atoms with Crippen molar-refractivity contribution in [3.63, 3.8) is 0 Å². The predicted molar refractivity (Wildman–Crippen MR) is 100 cm³/mol. The molecule has 1 aliphatic rings. The lowest BCUT2D eigenvalue weighted by Crippen LogP contribution is -2.19. The topological polar surface area (TPSA) is 65.5 Å². The Morgan fingerprint density at radius 2 is 2.08 bits per heavy atom. The van der Waals surface area contributed by atoms with Crippen molar-refractivity contribution >= 4 is 35.2 Å². The van der Waals surface area contributed by atoms with Crippen LogP contribution in [0.25, 0.3) is 6.08 Å². The molecule has 1 aromatic heterocycles. The first-order valence-electron chi connectivity index (χ1n) is 8.25. The number of aromatic nitrogens is 1. The number of rotatable bonds is 6. The fourth-order valence-electron chi connectivity index (χ4n) is 2.89. The SMILES string of the molecule is O=C(O)/C=C/c1cnc(Nc2ccccc2CN2CCCC2)c(Cl)c1. The van der Waals surface area contributed by atoms with Crippen molar-refractivity contribution in [3.05, 3.63) is 58.8 Å². The highest BCUT2D eigenvalue weighted by Gasteiger charge is 2.14. The molecule has 0 radical (unpaired) electrons. The maximum atomic E-state index is 10.6. The highest BCUT2D eigenvalue weighted by atomic mass is 35.5. The number of carboxylic acid groups (broad SMARTS) is 1. The van der Waals surface area contributed by atoms with Crippen LogP contribution in [0.1, 0.15) is 24.0 Å². The molecule has 1 aliphatic heterocycles. The first kappa shape index (κ1) is 17.5. The lowest BCUT2D eigenvalue weighted by atomic mass is 10.1. The summed E-state index contributed by atoms with van der Waals surface area (Å²) in [5.41, 5.74) is 2.83. The van der Waals surface area contributed by atoms with Gasteiger partial charge in [0, 0.05) is 24.5 Å². The summed E-state index contributed by atoms with van der Waals surface area (Å²) in [5.74, 6) is -0.447. The summed E-state index contributed by atoms with van der Waals surface area (Å²) in [6.07, 6.45) is 6.64. The summed E-state index contributed by atoms with van der Waals surface area (Å²) in [6.45, 7) is 3.18. The summed E-state index contributed by atoms with van der Waals surface area (Å²) in [5, 5.41) is 12.4. The van der Waals surface area contributed by atoms with Crippen LogP contribution < -0.4 is 5.32 Å². The Bertz CT molecular complexity index is 786. The normalized spacial score (nSPS) is 14.9. The van der Waals surface area contributed by atoms with Gasteiger partial charge in [0.2, 0.25) is 0 Å². The van der Waals surface area contributed by atoms with Crippen LogP contribution >= 0.6 is 11.6 Å². The van der Waals surface area contributed by atoms with Gasteiger partial charge in [-0.3, -0.25) is 4.90 Å². The minimum absolute atomic E-state index is 0.448. The minimum atomic E-state index is -1.01. The number of anilines is 2. The molecule has 0 amide bonds. The third-order valence-electron chi connectivity index (χ3n) is 4.14. The molecule has 2 aromatic rings. The molecule has 25 heavy (non-hydrogen) atoms. The number of hydrogen-bond acceptors (Lipinski definition) is 4. The molecule has 2 heterocycles. The molecule has 6 heteroatoms. The number of aliphatic carboxylic acids is 1. The van der Waals surface area contributed by atoms with E-state index < -0.39 is 5.97 Å². The molecule has 0 unspecified atom stereocenters. The molecule has 0 bridgehead atoms. The molecular weight excluding hydrogens is 338 g/mol. The van der Waals surface area contributed by atoms with Crippen molar-refractivity contribution in [1.82, 2.24) is 9.88 Å². The zero-order chi connectivity index (χ0) is 17.6. The van der Waals surface area contributed by atoms with E-state index in [9.17, 15) is 4.79 Å². The van der Waals surface area contributed by atoms with E-state index in [0.717, 1.165) is 31.4 Å². The number of nitrogens with zero attached hydrogens (tertiary/aromatic N) is 2. The smallest absolute Gasteiger partial charge is 0.328 e. The van der Waals surface area contributed by atoms with Gasteiger partial charge < -0.3 is 10.4 Å². The molecule has 1 aromatic carbocycles. The van der Waals surface area contributed by atoms with Gasteiger partial charge in [-0.25, -0.2) is 9.78 Å². The number of para-hydroxylation sites is 1. The molecule has 1 saturated heterocycles. The molecule has 130 valence electrons. The summed E-state index contributed by atoms with van der Waals surface area (Å²) in [4.78, 5) is 17.4. The van der Waals surface area contributed by atoms with Crippen LogP contribution in [0.5, 0.6) is 0 Å². The fourth-order valence-corrected chi connectivity index (χ4v) is 3.11. The predicted octanol–water partition coefficient (Wildman–Crippen LogP) is 4.17. The third-order valence-corrected chi connectivity index (χ3v) is 4.43. The highest BCUT2D eigenvalue weighted by molar-refractivity contribution is 6.33. The zero-order valence-electron chi connectivity index (χ0n) is 13.8. The lowest BCUT2D eigenvalue weighted by molar-refractivity contribution is -0.131. The first-order chi connectivity index (χ1) is 12.1. The third kappa shape index (κ3) is 4.81. The first-order valence-corrected chi connectivity index (χ1v) is 8.63. The Kier molecular flexibility index (Phi) is 5.68. The average Bonchev–Trinajstić information content (AvgIpc) is 3.10. The highest BCUT2D eigenvalue weighted by Crippen LogP contribution is 2.27. The minimum Gasteiger partial charge on any atom is -0.478 e. The Labute approximate surface area is 152 Å². The Morgan fingerprint density at radius 1 is 1.32 bits per heavy atom. The van der Waals surface area contributed by atoms with Crippen molar-refractivity contribution < 1.29 is 9.90 Å². The number of likely N-dealkylation sites (tertiary alicyclic amines) is 1. The number of carboxylic acids is 1. The maximum absolute atomic E-state index is 10.6. The number of nitrogens with one attached hydrogen (secondary N) is 1. The fraction of sp³-hybridized carbons (Fsp3) is 0.263. The quantitative estimate of drug-likeness (QED) is 0.759. The molecule has 0 aliphatic carbocycles. The van der Waals surface area contributed by atoms with E-state index in [1.54, 1.807) is 12.3 Å². The lowest BCUT2D eigenvalue weighted by Gasteiger charge is -2.18. The second-order valence-electron chi connectivity index (χ2n) is 6.04. The van der Waals surface area contributed by atoms with Crippen LogP contribution in [-0.4, -0.2) is 34.0 Å². The molecule has 2 N–H and O–H groups in total. The monoisotopic (exact) mass is 357 g/mol. The molecule has 0 saturated carbocycles. The van der Waals surface area contributed by atoms with Gasteiger partial charge in [-0.05, 0) is 55.3 Å². The Balaban J connectivity index is 1.77. The van der Waals surface area contributed by atoms with Crippen LogP contribution in [-0.2, 0) is 11.3 Å². The molecular formula is C19H20ClN3O2. The van der Waals surface area contributed by atoms with Gasteiger partial charge in [0.25, 0.3) is 0 Å². The van der Waals surface area contributed by atoms with E-state index in [1.807, 2.05) is 18.2 Å². The largest absolute Gasteiger partial charge is 0.478 e. The van der Waals surface area contributed by atoms with E-state index >= 15 is 0 Å². The zero-order valence-corrected chi connectivity index (χ0v) is 14.5. The van der Waals surface area contributed by atoms with E-state index in [0.29, 0.717) is 16.4 Å². The summed E-state index contributed by atoms with van der Waals surface area (Å²) in [7, 11) is 0. The molecule has 1 fully saturated rings. The number of carbonyl (C=O) groups is 1. The molecule has 3 rings (SSSR count). The van der Waals surface area contributed by atoms with Gasteiger partial charge in [0.05, 0.1) is 5.02 Å². The van der Waals surface area contributed by atoms with Gasteiger partial charge >= 0.3 is 5.97 Å². The van der Waals surface area contributed by atoms with E-state index in [2.05, 4.69) is 21.3 Å². The molecule has 0 spiro atoms. The van der Waals surface area contributed by atoms with Crippen molar-refractivity contribution in [2.75, 3.05) is 18.4 Å². The van der Waals surface area contributed by atoms with Gasteiger partial charge in [-0.15, -0.1) is 0 Å². The number of halogens is 1. The van der Waals surface area contributed by atoms with Crippen LogP contribution in [0.4, 0.5) is 11.5 Å². The average molecular weight is 358 g/mol. The summed E-state index contributed by atoms with van der Waals surface area (Å²) >= 11 is 6.30. The van der Waals surface area contributed by atoms with Gasteiger partial charge in [0.15, 0.2) is 0 Å². The van der Waals surface area contributed by atoms with Crippen LogP contribution in [0, 0.1) is 0 Å². The Morgan fingerprint density at radius 3 is 2.80 bits per heavy atom. The van der Waals surface area contributed by atoms with E-state index in [-0.39, 0.29) is 0 Å². The molecule has 0 atom stereocenters.